The number of carbonyl (C=O) groups excluding carboxylic acids is 3. The van der Waals surface area contributed by atoms with Crippen molar-refractivity contribution in [2.45, 2.75) is 116 Å². The third-order valence-electron chi connectivity index (χ3n) is 11.1. The van der Waals surface area contributed by atoms with Crippen LogP contribution >= 0.6 is 0 Å². The third kappa shape index (κ3) is 8.31. The van der Waals surface area contributed by atoms with Crippen LogP contribution in [0.2, 0.25) is 0 Å². The second kappa shape index (κ2) is 15.5. The molecule has 3 atom stereocenters. The zero-order chi connectivity index (χ0) is 39.7. The maximum absolute atomic E-state index is 13.7. The van der Waals surface area contributed by atoms with E-state index < -0.39 is 44.3 Å². The predicted octanol–water partition coefficient (Wildman–Crippen LogP) is 3.76. The molecule has 0 bridgehead atoms. The molecule has 5 rings (SSSR count). The van der Waals surface area contributed by atoms with E-state index in [0.717, 1.165) is 17.5 Å². The van der Waals surface area contributed by atoms with Gasteiger partial charge in [0.2, 0.25) is 23.7 Å². The molecule has 0 aliphatic carbocycles. The fourth-order valence-electron chi connectivity index (χ4n) is 7.42. The van der Waals surface area contributed by atoms with Crippen LogP contribution in [0.15, 0.2) is 34.2 Å². The Morgan fingerprint density at radius 3 is 2.43 bits per heavy atom. The number of hydrogen-bond donors (Lipinski definition) is 4. The Balaban J connectivity index is 1.29. The van der Waals surface area contributed by atoms with Crippen molar-refractivity contribution in [2.24, 2.45) is 16.1 Å². The fraction of sp³-hybridized carbons (Fsp3) is 0.568. The molecule has 2 fully saturated rings. The molecule has 2 saturated heterocycles. The topological polar surface area (TPSA) is 219 Å². The van der Waals surface area contributed by atoms with Crippen LogP contribution in [0.1, 0.15) is 88.5 Å². The van der Waals surface area contributed by atoms with Crippen LogP contribution in [0, 0.1) is 36.3 Å². The number of rotatable bonds is 12. The van der Waals surface area contributed by atoms with Crippen molar-refractivity contribution in [1.29, 1.82) is 0 Å². The molecule has 0 spiro atoms. The molecule has 0 unspecified atom stereocenters. The van der Waals surface area contributed by atoms with E-state index >= 15 is 0 Å². The number of guanidine groups is 1. The SMILES string of the molecule is CC[C@]1(C)CCN2CC[C@@H](C(=O)N[C@@H](CCCN=C(N)NS(=O)(=O)c3c(C)c(C)c4c(c3C)CCC(C)(C)O4)C(=O)Nc3ccc([N+](=O)[O-])cc3)N2C1=O. The third-order valence-corrected chi connectivity index (χ3v) is 12.7. The molecule has 3 heterocycles. The highest BCUT2D eigenvalue weighted by Crippen LogP contribution is 2.42. The van der Waals surface area contributed by atoms with Crippen molar-refractivity contribution in [1.82, 2.24) is 20.1 Å². The predicted molar refractivity (Wildman–Crippen MR) is 203 cm³/mol. The maximum Gasteiger partial charge on any atom is 0.269 e. The molecule has 16 nitrogen and oxygen atoms in total. The number of anilines is 1. The highest BCUT2D eigenvalue weighted by Gasteiger charge is 2.50. The van der Waals surface area contributed by atoms with Crippen LogP contribution in [-0.4, -0.2) is 84.4 Å². The number of amides is 3. The minimum atomic E-state index is -4.13. The molecule has 2 aromatic rings. The number of nitro benzene ring substituents is 1. The van der Waals surface area contributed by atoms with Crippen molar-refractivity contribution >= 4 is 45.1 Å². The smallest absolute Gasteiger partial charge is 0.269 e. The summed E-state index contributed by atoms with van der Waals surface area (Å²) in [5, 5.41) is 20.1. The standard InChI is InChI=1S/C37H52N8O8S/c1-8-37(7)18-21-43-20-16-29(44(43)34(37)48)33(47)41-28(32(46)40-25-11-13-26(14-12-25)45(49)50)10-9-19-39-35(38)42-54(51,52)31-23(3)22(2)30-27(24(31)4)15-17-36(5,6)53-30/h11-14,28-29H,8-10,15-21H2,1-7H3,(H,40,46)(H,41,47)(H3,38,39,42)/t28-,29-,37+/m0/s1. The number of sulfonamides is 1. The molecule has 17 heteroatoms. The lowest BCUT2D eigenvalue weighted by molar-refractivity contribution is -0.384. The second-order valence-corrected chi connectivity index (χ2v) is 16.9. The molecule has 0 saturated carbocycles. The summed E-state index contributed by atoms with van der Waals surface area (Å²) >= 11 is 0. The number of fused-ring (bicyclic) bond motifs is 2. The van der Waals surface area contributed by atoms with E-state index in [9.17, 15) is 32.9 Å². The molecule has 0 aromatic heterocycles. The lowest BCUT2D eigenvalue weighted by Crippen LogP contribution is -2.60. The first-order valence-electron chi connectivity index (χ1n) is 18.4. The van der Waals surface area contributed by atoms with E-state index in [2.05, 4.69) is 20.3 Å². The monoisotopic (exact) mass is 768 g/mol. The van der Waals surface area contributed by atoms with Crippen LogP contribution in [0.5, 0.6) is 5.75 Å². The average Bonchev–Trinajstić information content (AvgIpc) is 3.54. The summed E-state index contributed by atoms with van der Waals surface area (Å²) in [5.74, 6) is -0.791. The second-order valence-electron chi connectivity index (χ2n) is 15.3. The number of ether oxygens (including phenoxy) is 1. The number of hydrazine groups is 1. The van der Waals surface area contributed by atoms with Gasteiger partial charge < -0.3 is 21.1 Å². The van der Waals surface area contributed by atoms with Gasteiger partial charge in [-0.3, -0.25) is 34.5 Å². The Hall–Kier alpha value is -4.77. The zero-order valence-corrected chi connectivity index (χ0v) is 32.9. The lowest BCUT2D eigenvalue weighted by atomic mass is 9.81. The van der Waals surface area contributed by atoms with Crippen LogP contribution in [0.4, 0.5) is 11.4 Å². The van der Waals surface area contributed by atoms with Crippen molar-refractivity contribution in [3.8, 4) is 5.75 Å². The quantitative estimate of drug-likeness (QED) is 0.0806. The highest BCUT2D eigenvalue weighted by molar-refractivity contribution is 7.90. The Labute approximate surface area is 316 Å². The molecule has 3 aliphatic heterocycles. The normalized spacial score (nSPS) is 21.8. The average molecular weight is 769 g/mol. The van der Waals surface area contributed by atoms with E-state index in [4.69, 9.17) is 10.5 Å². The Morgan fingerprint density at radius 1 is 1.09 bits per heavy atom. The summed E-state index contributed by atoms with van der Waals surface area (Å²) < 4.78 is 36.0. The number of nitrogens with one attached hydrogen (secondary N) is 3. The van der Waals surface area contributed by atoms with E-state index in [1.165, 1.54) is 29.3 Å². The van der Waals surface area contributed by atoms with Gasteiger partial charge >= 0.3 is 0 Å². The van der Waals surface area contributed by atoms with E-state index in [0.29, 0.717) is 55.6 Å². The molecule has 5 N–H and O–H groups in total. The number of nitrogens with two attached hydrogens (primary N) is 1. The molecular formula is C37H52N8O8S. The number of aliphatic imine (C=N–C) groups is 1. The summed E-state index contributed by atoms with van der Waals surface area (Å²) in [6.07, 6.45) is 3.43. The van der Waals surface area contributed by atoms with Crippen LogP contribution in [0.3, 0.4) is 0 Å². The highest BCUT2D eigenvalue weighted by atomic mass is 32.2. The van der Waals surface area contributed by atoms with Gasteiger partial charge in [0.25, 0.3) is 15.7 Å². The number of nitrogens with zero attached hydrogens (tertiary/aromatic N) is 4. The van der Waals surface area contributed by atoms with E-state index in [1.54, 1.807) is 13.8 Å². The maximum atomic E-state index is 13.7. The molecule has 3 amide bonds. The summed E-state index contributed by atoms with van der Waals surface area (Å²) in [5.41, 5.74) is 8.02. The fourth-order valence-corrected chi connectivity index (χ4v) is 8.94. The van der Waals surface area contributed by atoms with Gasteiger partial charge in [-0.05, 0) is 114 Å². The van der Waals surface area contributed by atoms with Gasteiger partial charge in [0.15, 0.2) is 0 Å². The van der Waals surface area contributed by atoms with Gasteiger partial charge in [-0.15, -0.1) is 0 Å². The summed E-state index contributed by atoms with van der Waals surface area (Å²) in [6, 6.07) is 3.41. The molecule has 2 aromatic carbocycles. The van der Waals surface area contributed by atoms with Gasteiger partial charge in [0, 0.05) is 42.9 Å². The molecule has 294 valence electrons. The lowest BCUT2D eigenvalue weighted by Gasteiger charge is -2.44. The first-order chi connectivity index (χ1) is 25.3. The van der Waals surface area contributed by atoms with Crippen LogP contribution in [0.25, 0.3) is 0 Å². The van der Waals surface area contributed by atoms with Gasteiger partial charge in [0.05, 0.1) is 9.82 Å². The zero-order valence-electron chi connectivity index (χ0n) is 32.1. The first-order valence-corrected chi connectivity index (χ1v) is 19.9. The molecule has 0 radical (unpaired) electrons. The Kier molecular flexibility index (Phi) is 11.6. The molecule has 3 aliphatic rings. The van der Waals surface area contributed by atoms with E-state index in [1.807, 2.05) is 39.6 Å². The summed E-state index contributed by atoms with van der Waals surface area (Å²) in [7, 11) is -4.13. The molecule has 54 heavy (non-hydrogen) atoms. The van der Waals surface area contributed by atoms with Crippen LogP contribution in [-0.2, 0) is 30.8 Å². The number of carbonyl (C=O) groups is 3. The van der Waals surface area contributed by atoms with Crippen molar-refractivity contribution < 1.29 is 32.5 Å². The number of non-ortho nitro benzene ring substituents is 1. The Morgan fingerprint density at radius 2 is 1.78 bits per heavy atom. The first kappa shape index (κ1) is 40.4. The van der Waals surface area contributed by atoms with Gasteiger partial charge in [-0.1, -0.05) is 13.8 Å². The largest absolute Gasteiger partial charge is 0.487 e. The minimum absolute atomic E-state index is 0.0201. The summed E-state index contributed by atoms with van der Waals surface area (Å²) in [6.45, 7) is 14.4. The van der Waals surface area contributed by atoms with Crippen molar-refractivity contribution in [2.75, 3.05) is 25.0 Å². The van der Waals surface area contributed by atoms with Crippen LogP contribution < -0.4 is 25.8 Å². The molecular weight excluding hydrogens is 717 g/mol. The van der Waals surface area contributed by atoms with Gasteiger partial charge in [-0.2, -0.15) is 0 Å². The van der Waals surface area contributed by atoms with Crippen molar-refractivity contribution in [3.63, 3.8) is 0 Å². The Bertz CT molecular complexity index is 1970. The van der Waals surface area contributed by atoms with Crippen molar-refractivity contribution in [3.05, 3.63) is 56.6 Å². The minimum Gasteiger partial charge on any atom is -0.487 e. The summed E-state index contributed by atoms with van der Waals surface area (Å²) in [4.78, 5) is 55.7. The van der Waals surface area contributed by atoms with Gasteiger partial charge in [-0.25, -0.2) is 18.1 Å². The number of nitro groups is 1. The number of hydrogen-bond acceptors (Lipinski definition) is 10. The number of benzene rings is 2. The van der Waals surface area contributed by atoms with Gasteiger partial charge in [0.1, 0.15) is 23.4 Å². The van der Waals surface area contributed by atoms with E-state index in [-0.39, 0.29) is 53.1 Å².